The van der Waals surface area contributed by atoms with E-state index in [1.54, 1.807) is 11.8 Å². The first-order chi connectivity index (χ1) is 7.41. The topological polar surface area (TPSA) is 69.6 Å². The van der Waals surface area contributed by atoms with E-state index in [4.69, 9.17) is 0 Å². The van der Waals surface area contributed by atoms with Gasteiger partial charge in [-0.25, -0.2) is 0 Å². The summed E-state index contributed by atoms with van der Waals surface area (Å²) in [6.07, 6.45) is 1.87. The Hall–Kier alpha value is -1.10. The molecule has 1 saturated heterocycles. The van der Waals surface area contributed by atoms with Gasteiger partial charge in [0.05, 0.1) is 5.60 Å². The van der Waals surface area contributed by atoms with Crippen molar-refractivity contribution in [1.82, 2.24) is 10.2 Å². The molecule has 2 amide bonds. The number of rotatable bonds is 3. The van der Waals surface area contributed by atoms with Crippen LogP contribution in [0.1, 0.15) is 33.1 Å². The van der Waals surface area contributed by atoms with E-state index in [1.165, 1.54) is 6.92 Å². The van der Waals surface area contributed by atoms with Gasteiger partial charge >= 0.3 is 0 Å². The predicted molar refractivity (Wildman–Crippen MR) is 59.7 cm³/mol. The first-order valence-corrected chi connectivity index (χ1v) is 5.65. The maximum absolute atomic E-state index is 11.7. The second kappa shape index (κ2) is 5.30. The van der Waals surface area contributed by atoms with Gasteiger partial charge in [-0.2, -0.15) is 0 Å². The summed E-state index contributed by atoms with van der Waals surface area (Å²) >= 11 is 0. The minimum absolute atomic E-state index is 0.00581. The Balaban J connectivity index is 2.33. The van der Waals surface area contributed by atoms with Crippen LogP contribution in [0.4, 0.5) is 0 Å². The molecule has 0 aromatic carbocycles. The highest BCUT2D eigenvalue weighted by atomic mass is 16.3. The minimum atomic E-state index is -0.762. The molecule has 1 rings (SSSR count). The number of hydrogen-bond donors (Lipinski definition) is 2. The molecule has 1 aliphatic heterocycles. The fraction of sp³-hybridized carbons (Fsp3) is 0.818. The molecule has 0 aromatic rings. The molecular weight excluding hydrogens is 208 g/mol. The molecule has 0 saturated carbocycles. The number of nitrogens with one attached hydrogen (secondary N) is 1. The second-order valence-electron chi connectivity index (χ2n) is 4.65. The third-order valence-corrected chi connectivity index (χ3v) is 2.74. The van der Waals surface area contributed by atoms with Crippen LogP contribution in [0.2, 0.25) is 0 Å². The Morgan fingerprint density at radius 3 is 2.75 bits per heavy atom. The summed E-state index contributed by atoms with van der Waals surface area (Å²) in [4.78, 5) is 24.0. The van der Waals surface area contributed by atoms with E-state index in [2.05, 4.69) is 5.32 Å². The van der Waals surface area contributed by atoms with E-state index in [1.807, 2.05) is 0 Å². The van der Waals surface area contributed by atoms with Crippen LogP contribution in [-0.2, 0) is 9.59 Å². The van der Waals surface area contributed by atoms with Crippen molar-refractivity contribution in [3.63, 3.8) is 0 Å². The van der Waals surface area contributed by atoms with Gasteiger partial charge in [-0.15, -0.1) is 0 Å². The summed E-state index contributed by atoms with van der Waals surface area (Å²) in [6.45, 7) is 4.64. The van der Waals surface area contributed by atoms with Crippen LogP contribution in [0.5, 0.6) is 0 Å². The fourth-order valence-corrected chi connectivity index (χ4v) is 1.94. The largest absolute Gasteiger partial charge is 0.388 e. The first-order valence-electron chi connectivity index (χ1n) is 5.65. The Bertz CT molecular complexity index is 276. The number of carbonyl (C=O) groups is 2. The zero-order valence-electron chi connectivity index (χ0n) is 9.95. The highest BCUT2D eigenvalue weighted by Crippen LogP contribution is 2.20. The molecule has 5 heteroatoms. The SMILES string of the molecule is CC(=O)NCCC(=O)N1CCCC(C)(O)C1. The van der Waals surface area contributed by atoms with E-state index in [9.17, 15) is 14.7 Å². The van der Waals surface area contributed by atoms with Gasteiger partial charge in [-0.3, -0.25) is 9.59 Å². The van der Waals surface area contributed by atoms with E-state index in [0.717, 1.165) is 12.8 Å². The van der Waals surface area contributed by atoms with Gasteiger partial charge in [-0.05, 0) is 19.8 Å². The first kappa shape index (κ1) is 13.0. The van der Waals surface area contributed by atoms with Crippen molar-refractivity contribution in [2.45, 2.75) is 38.7 Å². The number of amides is 2. The number of hydrogen-bond acceptors (Lipinski definition) is 3. The van der Waals surface area contributed by atoms with Crippen molar-refractivity contribution in [2.75, 3.05) is 19.6 Å². The summed E-state index contributed by atoms with van der Waals surface area (Å²) in [5.74, 6) is -0.132. The highest BCUT2D eigenvalue weighted by Gasteiger charge is 2.30. The number of carbonyl (C=O) groups excluding carboxylic acids is 2. The van der Waals surface area contributed by atoms with Gasteiger partial charge in [0.1, 0.15) is 0 Å². The number of aliphatic hydroxyl groups is 1. The van der Waals surface area contributed by atoms with Crippen molar-refractivity contribution >= 4 is 11.8 Å². The average molecular weight is 228 g/mol. The Morgan fingerprint density at radius 2 is 2.19 bits per heavy atom. The van der Waals surface area contributed by atoms with Gasteiger partial charge in [0.15, 0.2) is 0 Å². The molecule has 1 heterocycles. The van der Waals surface area contributed by atoms with E-state index >= 15 is 0 Å². The molecule has 16 heavy (non-hydrogen) atoms. The predicted octanol–water partition coefficient (Wildman–Crippen LogP) is -0.114. The van der Waals surface area contributed by atoms with Gasteiger partial charge < -0.3 is 15.3 Å². The summed E-state index contributed by atoms with van der Waals surface area (Å²) in [6, 6.07) is 0. The van der Waals surface area contributed by atoms with Crippen molar-refractivity contribution in [2.24, 2.45) is 0 Å². The average Bonchev–Trinajstić information content (AvgIpc) is 2.15. The third-order valence-electron chi connectivity index (χ3n) is 2.74. The molecule has 0 aliphatic carbocycles. The standard InChI is InChI=1S/C11H20N2O3/c1-9(14)12-6-4-10(15)13-7-3-5-11(2,16)8-13/h16H,3-8H2,1-2H3,(H,12,14). The summed E-state index contributed by atoms with van der Waals surface area (Å²) < 4.78 is 0. The molecular formula is C11H20N2O3. The lowest BCUT2D eigenvalue weighted by atomic mass is 9.95. The van der Waals surface area contributed by atoms with Crippen LogP contribution in [0.25, 0.3) is 0 Å². The molecule has 5 nitrogen and oxygen atoms in total. The monoisotopic (exact) mass is 228 g/mol. The molecule has 0 bridgehead atoms. The van der Waals surface area contributed by atoms with Crippen molar-refractivity contribution in [3.05, 3.63) is 0 Å². The molecule has 1 fully saturated rings. The minimum Gasteiger partial charge on any atom is -0.388 e. The molecule has 1 unspecified atom stereocenters. The normalized spacial score (nSPS) is 25.3. The number of likely N-dealkylation sites (tertiary alicyclic amines) is 1. The quantitative estimate of drug-likeness (QED) is 0.708. The van der Waals surface area contributed by atoms with Gasteiger partial charge in [-0.1, -0.05) is 0 Å². The molecule has 0 aromatic heterocycles. The molecule has 2 N–H and O–H groups in total. The lowest BCUT2D eigenvalue weighted by Gasteiger charge is -2.36. The van der Waals surface area contributed by atoms with Gasteiger partial charge in [0.25, 0.3) is 0 Å². The number of nitrogens with zero attached hydrogens (tertiary/aromatic N) is 1. The highest BCUT2D eigenvalue weighted by molar-refractivity contribution is 5.78. The fourth-order valence-electron chi connectivity index (χ4n) is 1.94. The van der Waals surface area contributed by atoms with Crippen molar-refractivity contribution in [1.29, 1.82) is 0 Å². The van der Waals surface area contributed by atoms with Crippen LogP contribution >= 0.6 is 0 Å². The van der Waals surface area contributed by atoms with E-state index < -0.39 is 5.60 Å². The van der Waals surface area contributed by atoms with Crippen molar-refractivity contribution < 1.29 is 14.7 Å². The summed E-state index contributed by atoms with van der Waals surface area (Å²) in [7, 11) is 0. The van der Waals surface area contributed by atoms with Crippen LogP contribution in [0.3, 0.4) is 0 Å². The Labute approximate surface area is 95.8 Å². The maximum Gasteiger partial charge on any atom is 0.224 e. The van der Waals surface area contributed by atoms with E-state index in [-0.39, 0.29) is 11.8 Å². The molecule has 1 atom stereocenters. The van der Waals surface area contributed by atoms with Crippen LogP contribution < -0.4 is 5.32 Å². The van der Waals surface area contributed by atoms with Crippen LogP contribution in [0.15, 0.2) is 0 Å². The summed E-state index contributed by atoms with van der Waals surface area (Å²) in [5.41, 5.74) is -0.762. The zero-order chi connectivity index (χ0) is 12.2. The molecule has 92 valence electrons. The third kappa shape index (κ3) is 4.18. The second-order valence-corrected chi connectivity index (χ2v) is 4.65. The lowest BCUT2D eigenvalue weighted by Crippen LogP contribution is -2.49. The number of β-amino-alcohol motifs (C(OH)–C–C–N with tert-alkyl or cyclic N) is 1. The summed E-state index contributed by atoms with van der Waals surface area (Å²) in [5, 5.41) is 12.4. The van der Waals surface area contributed by atoms with Crippen molar-refractivity contribution in [3.8, 4) is 0 Å². The van der Waals surface area contributed by atoms with Gasteiger partial charge in [0.2, 0.25) is 11.8 Å². The Morgan fingerprint density at radius 1 is 1.50 bits per heavy atom. The molecule has 0 radical (unpaired) electrons. The van der Waals surface area contributed by atoms with Gasteiger partial charge in [0, 0.05) is 33.0 Å². The van der Waals surface area contributed by atoms with Crippen LogP contribution in [0, 0.1) is 0 Å². The van der Waals surface area contributed by atoms with Crippen LogP contribution in [-0.4, -0.2) is 47.1 Å². The molecule has 1 aliphatic rings. The number of piperidine rings is 1. The lowest BCUT2D eigenvalue weighted by molar-refractivity contribution is -0.137. The Kier molecular flexibility index (Phi) is 4.29. The maximum atomic E-state index is 11.7. The molecule has 0 spiro atoms. The van der Waals surface area contributed by atoms with E-state index in [0.29, 0.717) is 26.1 Å². The zero-order valence-corrected chi connectivity index (χ0v) is 9.95. The smallest absolute Gasteiger partial charge is 0.224 e.